The molecule has 0 bridgehead atoms. The summed E-state index contributed by atoms with van der Waals surface area (Å²) in [5.41, 5.74) is 6.28. The van der Waals surface area contributed by atoms with Gasteiger partial charge in [0.05, 0.1) is 13.7 Å². The van der Waals surface area contributed by atoms with Gasteiger partial charge in [0.2, 0.25) is 0 Å². The Labute approximate surface area is 98.4 Å². The minimum absolute atomic E-state index is 0.312. The standard InChI is InChI=1S/C11H14N2O4/c1-17-11(16)9(6-14)13-10(15)7-3-2-4-8(12)5-7/h2-5,9,14H,6,12H2,1H3,(H,13,15)/t9-/m1/s1. The number of nitrogen functional groups attached to an aromatic ring is 1. The van der Waals surface area contributed by atoms with Crippen molar-refractivity contribution in [1.82, 2.24) is 5.32 Å². The molecule has 0 saturated carbocycles. The lowest BCUT2D eigenvalue weighted by Gasteiger charge is -2.13. The highest BCUT2D eigenvalue weighted by Crippen LogP contribution is 2.06. The first-order valence-corrected chi connectivity index (χ1v) is 4.93. The molecule has 0 saturated heterocycles. The molecule has 17 heavy (non-hydrogen) atoms. The van der Waals surface area contributed by atoms with Crippen molar-refractivity contribution < 1.29 is 19.4 Å². The van der Waals surface area contributed by atoms with Gasteiger partial charge < -0.3 is 20.9 Å². The summed E-state index contributed by atoms with van der Waals surface area (Å²) < 4.78 is 4.43. The molecule has 1 atom stereocenters. The maximum atomic E-state index is 11.7. The number of nitrogens with two attached hydrogens (primary N) is 1. The fraction of sp³-hybridized carbons (Fsp3) is 0.273. The van der Waals surface area contributed by atoms with Gasteiger partial charge in [-0.15, -0.1) is 0 Å². The number of benzene rings is 1. The molecule has 0 aromatic heterocycles. The third-order valence-electron chi connectivity index (χ3n) is 2.12. The van der Waals surface area contributed by atoms with E-state index in [1.165, 1.54) is 13.2 Å². The lowest BCUT2D eigenvalue weighted by Crippen LogP contribution is -2.44. The van der Waals surface area contributed by atoms with Gasteiger partial charge in [-0.1, -0.05) is 6.07 Å². The Morgan fingerprint density at radius 1 is 1.53 bits per heavy atom. The molecular formula is C11H14N2O4. The number of carbonyl (C=O) groups excluding carboxylic acids is 2. The Hall–Kier alpha value is -2.08. The largest absolute Gasteiger partial charge is 0.467 e. The number of rotatable bonds is 4. The molecule has 0 aliphatic heterocycles. The van der Waals surface area contributed by atoms with E-state index in [1.54, 1.807) is 18.2 Å². The molecular weight excluding hydrogens is 224 g/mol. The minimum atomic E-state index is -1.08. The molecule has 0 aliphatic carbocycles. The molecule has 1 rings (SSSR count). The normalized spacial score (nSPS) is 11.6. The topological polar surface area (TPSA) is 102 Å². The third kappa shape index (κ3) is 3.46. The second-order valence-corrected chi connectivity index (χ2v) is 3.36. The summed E-state index contributed by atoms with van der Waals surface area (Å²) in [6.07, 6.45) is 0. The van der Waals surface area contributed by atoms with E-state index in [2.05, 4.69) is 10.1 Å². The second kappa shape index (κ2) is 5.86. The summed E-state index contributed by atoms with van der Waals surface area (Å²) in [5.74, 6) is -1.20. The van der Waals surface area contributed by atoms with Crippen molar-refractivity contribution in [2.24, 2.45) is 0 Å². The first-order chi connectivity index (χ1) is 8.08. The van der Waals surface area contributed by atoms with Gasteiger partial charge in [-0.05, 0) is 18.2 Å². The van der Waals surface area contributed by atoms with Crippen LogP contribution in [-0.4, -0.2) is 36.7 Å². The van der Waals surface area contributed by atoms with Crippen LogP contribution in [0, 0.1) is 0 Å². The fourth-order valence-electron chi connectivity index (χ4n) is 1.24. The van der Waals surface area contributed by atoms with Crippen LogP contribution in [0.25, 0.3) is 0 Å². The van der Waals surface area contributed by atoms with Gasteiger partial charge in [0.1, 0.15) is 0 Å². The van der Waals surface area contributed by atoms with Gasteiger partial charge in [-0.2, -0.15) is 0 Å². The van der Waals surface area contributed by atoms with Crippen molar-refractivity contribution in [1.29, 1.82) is 0 Å². The summed E-state index contributed by atoms with van der Waals surface area (Å²) in [4.78, 5) is 22.9. The van der Waals surface area contributed by atoms with Gasteiger partial charge in [0, 0.05) is 11.3 Å². The van der Waals surface area contributed by atoms with Crippen LogP contribution in [0.1, 0.15) is 10.4 Å². The zero-order valence-corrected chi connectivity index (χ0v) is 9.34. The van der Waals surface area contributed by atoms with E-state index in [0.717, 1.165) is 0 Å². The summed E-state index contributed by atoms with van der Waals surface area (Å²) in [7, 11) is 1.18. The number of hydrogen-bond donors (Lipinski definition) is 3. The van der Waals surface area contributed by atoms with E-state index in [1.807, 2.05) is 0 Å². The average molecular weight is 238 g/mol. The summed E-state index contributed by atoms with van der Waals surface area (Å²) in [5, 5.41) is 11.3. The molecule has 1 amide bonds. The molecule has 6 nitrogen and oxygen atoms in total. The highest BCUT2D eigenvalue weighted by atomic mass is 16.5. The van der Waals surface area contributed by atoms with Crippen molar-refractivity contribution in [2.45, 2.75) is 6.04 Å². The Morgan fingerprint density at radius 3 is 2.76 bits per heavy atom. The molecule has 0 unspecified atom stereocenters. The maximum absolute atomic E-state index is 11.7. The van der Waals surface area contributed by atoms with Crippen LogP contribution in [-0.2, 0) is 9.53 Å². The van der Waals surface area contributed by atoms with E-state index in [0.29, 0.717) is 11.3 Å². The van der Waals surface area contributed by atoms with Crippen LogP contribution in [0.2, 0.25) is 0 Å². The Balaban J connectivity index is 2.74. The van der Waals surface area contributed by atoms with Gasteiger partial charge in [-0.25, -0.2) is 4.79 Å². The van der Waals surface area contributed by atoms with Crippen LogP contribution in [0.5, 0.6) is 0 Å². The summed E-state index contributed by atoms with van der Waals surface area (Å²) in [6.45, 7) is -0.527. The number of aliphatic hydroxyl groups excluding tert-OH is 1. The quantitative estimate of drug-likeness (QED) is 0.486. The average Bonchev–Trinajstić information content (AvgIpc) is 2.34. The zero-order chi connectivity index (χ0) is 12.8. The number of nitrogens with one attached hydrogen (secondary N) is 1. The lowest BCUT2D eigenvalue weighted by atomic mass is 10.2. The van der Waals surface area contributed by atoms with Gasteiger partial charge >= 0.3 is 5.97 Å². The van der Waals surface area contributed by atoms with Crippen molar-refractivity contribution in [3.05, 3.63) is 29.8 Å². The minimum Gasteiger partial charge on any atom is -0.467 e. The van der Waals surface area contributed by atoms with E-state index in [-0.39, 0.29) is 0 Å². The molecule has 4 N–H and O–H groups in total. The van der Waals surface area contributed by atoms with Crippen LogP contribution in [0.3, 0.4) is 0 Å². The predicted molar refractivity (Wildman–Crippen MR) is 61.2 cm³/mol. The van der Waals surface area contributed by atoms with Crippen molar-refractivity contribution in [3.8, 4) is 0 Å². The molecule has 92 valence electrons. The SMILES string of the molecule is COC(=O)[C@@H](CO)NC(=O)c1cccc(N)c1. The number of esters is 1. The Morgan fingerprint density at radius 2 is 2.24 bits per heavy atom. The molecule has 1 aromatic carbocycles. The van der Waals surface area contributed by atoms with E-state index in [9.17, 15) is 9.59 Å². The van der Waals surface area contributed by atoms with E-state index >= 15 is 0 Å². The molecule has 0 aliphatic rings. The number of anilines is 1. The van der Waals surface area contributed by atoms with Gasteiger partial charge in [0.15, 0.2) is 6.04 Å². The molecule has 0 heterocycles. The lowest BCUT2D eigenvalue weighted by molar-refractivity contribution is -0.143. The molecule has 1 aromatic rings. The Kier molecular flexibility index (Phi) is 4.47. The first-order valence-electron chi connectivity index (χ1n) is 4.93. The highest BCUT2D eigenvalue weighted by Gasteiger charge is 2.20. The number of carbonyl (C=O) groups is 2. The van der Waals surface area contributed by atoms with Gasteiger partial charge in [-0.3, -0.25) is 4.79 Å². The zero-order valence-electron chi connectivity index (χ0n) is 9.34. The van der Waals surface area contributed by atoms with E-state index < -0.39 is 24.5 Å². The molecule has 6 heteroatoms. The molecule has 0 fully saturated rings. The van der Waals surface area contributed by atoms with E-state index in [4.69, 9.17) is 10.8 Å². The van der Waals surface area contributed by atoms with Crippen LogP contribution >= 0.6 is 0 Å². The third-order valence-corrected chi connectivity index (χ3v) is 2.12. The highest BCUT2D eigenvalue weighted by molar-refractivity contribution is 5.97. The number of ether oxygens (including phenoxy) is 1. The summed E-state index contributed by atoms with van der Waals surface area (Å²) in [6, 6.07) is 5.21. The Bertz CT molecular complexity index is 420. The van der Waals surface area contributed by atoms with Gasteiger partial charge in [0.25, 0.3) is 5.91 Å². The maximum Gasteiger partial charge on any atom is 0.330 e. The fourth-order valence-corrected chi connectivity index (χ4v) is 1.24. The number of hydrogen-bond acceptors (Lipinski definition) is 5. The van der Waals surface area contributed by atoms with Crippen LogP contribution in [0.4, 0.5) is 5.69 Å². The molecule has 0 spiro atoms. The van der Waals surface area contributed by atoms with Crippen LogP contribution < -0.4 is 11.1 Å². The summed E-state index contributed by atoms with van der Waals surface area (Å²) >= 11 is 0. The monoisotopic (exact) mass is 238 g/mol. The second-order valence-electron chi connectivity index (χ2n) is 3.36. The molecule has 0 radical (unpaired) electrons. The van der Waals surface area contributed by atoms with Crippen LogP contribution in [0.15, 0.2) is 24.3 Å². The number of aliphatic hydroxyl groups is 1. The first kappa shape index (κ1) is 13.0. The van der Waals surface area contributed by atoms with Crippen molar-refractivity contribution in [2.75, 3.05) is 19.5 Å². The smallest absolute Gasteiger partial charge is 0.330 e. The van der Waals surface area contributed by atoms with Crippen molar-refractivity contribution >= 4 is 17.6 Å². The van der Waals surface area contributed by atoms with Crippen molar-refractivity contribution in [3.63, 3.8) is 0 Å². The number of amides is 1. The predicted octanol–water partition coefficient (Wildman–Crippen LogP) is -0.468. The number of methoxy groups -OCH3 is 1.